The van der Waals surface area contributed by atoms with Crippen LogP contribution in [0, 0.1) is 0 Å². The van der Waals surface area contributed by atoms with E-state index in [4.69, 9.17) is 0 Å². The number of carbonyl (C=O) groups excluding carboxylic acids is 1. The molecule has 0 saturated heterocycles. The van der Waals surface area contributed by atoms with Crippen molar-refractivity contribution in [2.45, 2.75) is 25.0 Å². The van der Waals surface area contributed by atoms with Crippen molar-refractivity contribution in [1.29, 1.82) is 0 Å². The van der Waals surface area contributed by atoms with E-state index in [-0.39, 0.29) is 6.17 Å². The normalized spacial score (nSPS) is 24.3. The molecule has 3 rings (SSSR count). The summed E-state index contributed by atoms with van der Waals surface area (Å²) >= 11 is 0. The Bertz CT molecular complexity index is 373. The standard InChI is InChI=1S/C11H12N2O/c14-7-11-12-9-3-1-2-4-10(9)13(11)8-5-6-8/h1-4,7-8,11-12H,5-6H2. The molecule has 1 atom stereocenters. The molecule has 0 radical (unpaired) electrons. The first-order valence-electron chi connectivity index (χ1n) is 4.99. The summed E-state index contributed by atoms with van der Waals surface area (Å²) in [6.45, 7) is 0. The number of anilines is 2. The van der Waals surface area contributed by atoms with Crippen LogP contribution in [0.2, 0.25) is 0 Å². The van der Waals surface area contributed by atoms with Gasteiger partial charge in [-0.2, -0.15) is 0 Å². The number of benzene rings is 1. The molecule has 1 unspecified atom stereocenters. The lowest BCUT2D eigenvalue weighted by molar-refractivity contribution is -0.108. The summed E-state index contributed by atoms with van der Waals surface area (Å²) in [5, 5.41) is 3.21. The molecule has 0 aromatic heterocycles. The van der Waals surface area contributed by atoms with Crippen LogP contribution in [-0.4, -0.2) is 18.5 Å². The minimum atomic E-state index is -0.153. The predicted octanol–water partition coefficient (Wildman–Crippen LogP) is 1.61. The first-order chi connectivity index (χ1) is 6.90. The van der Waals surface area contributed by atoms with E-state index in [1.165, 1.54) is 18.5 Å². The Hall–Kier alpha value is -1.51. The van der Waals surface area contributed by atoms with Crippen LogP contribution in [0.1, 0.15) is 12.8 Å². The average Bonchev–Trinajstić information content (AvgIpc) is 2.98. The third kappa shape index (κ3) is 1.02. The second-order valence-corrected chi connectivity index (χ2v) is 3.88. The first kappa shape index (κ1) is 7.85. The highest BCUT2D eigenvalue weighted by Crippen LogP contribution is 2.41. The number of fused-ring (bicyclic) bond motifs is 1. The Morgan fingerprint density at radius 2 is 2.14 bits per heavy atom. The van der Waals surface area contributed by atoms with E-state index in [0.717, 1.165) is 12.0 Å². The zero-order chi connectivity index (χ0) is 9.54. The van der Waals surface area contributed by atoms with Crippen molar-refractivity contribution in [1.82, 2.24) is 0 Å². The summed E-state index contributed by atoms with van der Waals surface area (Å²) in [6, 6.07) is 8.67. The molecule has 1 aromatic rings. The monoisotopic (exact) mass is 188 g/mol. The molecular weight excluding hydrogens is 176 g/mol. The Morgan fingerprint density at radius 3 is 2.86 bits per heavy atom. The molecule has 2 aliphatic rings. The van der Waals surface area contributed by atoms with Crippen LogP contribution in [-0.2, 0) is 4.79 Å². The van der Waals surface area contributed by atoms with E-state index >= 15 is 0 Å². The fourth-order valence-electron chi connectivity index (χ4n) is 2.08. The summed E-state index contributed by atoms with van der Waals surface area (Å²) in [6.07, 6.45) is 3.25. The van der Waals surface area contributed by atoms with Gasteiger partial charge in [0.2, 0.25) is 0 Å². The molecule has 3 nitrogen and oxygen atoms in total. The molecule has 0 spiro atoms. The van der Waals surface area contributed by atoms with Gasteiger partial charge < -0.3 is 10.2 Å². The van der Waals surface area contributed by atoms with E-state index in [1.54, 1.807) is 0 Å². The summed E-state index contributed by atoms with van der Waals surface area (Å²) in [5.74, 6) is 0. The van der Waals surface area contributed by atoms with Gasteiger partial charge >= 0.3 is 0 Å². The van der Waals surface area contributed by atoms with Crippen LogP contribution in [0.25, 0.3) is 0 Å². The van der Waals surface area contributed by atoms with Gasteiger partial charge in [0.05, 0.1) is 11.4 Å². The topological polar surface area (TPSA) is 32.3 Å². The number of nitrogens with zero attached hydrogens (tertiary/aromatic N) is 1. The molecule has 1 saturated carbocycles. The second kappa shape index (κ2) is 2.74. The number of hydrogen-bond donors (Lipinski definition) is 1. The number of nitrogens with one attached hydrogen (secondary N) is 1. The van der Waals surface area contributed by atoms with Crippen molar-refractivity contribution in [2.75, 3.05) is 10.2 Å². The summed E-state index contributed by atoms with van der Waals surface area (Å²) in [4.78, 5) is 13.1. The summed E-state index contributed by atoms with van der Waals surface area (Å²) in [5.41, 5.74) is 2.25. The molecule has 72 valence electrons. The molecule has 1 aliphatic heterocycles. The van der Waals surface area contributed by atoms with Gasteiger partial charge in [-0.1, -0.05) is 12.1 Å². The number of hydrogen-bond acceptors (Lipinski definition) is 3. The maximum absolute atomic E-state index is 10.9. The van der Waals surface area contributed by atoms with Gasteiger partial charge in [-0.05, 0) is 25.0 Å². The van der Waals surface area contributed by atoms with Crippen molar-refractivity contribution in [3.05, 3.63) is 24.3 Å². The number of carbonyl (C=O) groups is 1. The van der Waals surface area contributed by atoms with Gasteiger partial charge in [-0.3, -0.25) is 4.79 Å². The van der Waals surface area contributed by atoms with Gasteiger partial charge in [-0.25, -0.2) is 0 Å². The zero-order valence-corrected chi connectivity index (χ0v) is 7.81. The van der Waals surface area contributed by atoms with Crippen LogP contribution >= 0.6 is 0 Å². The van der Waals surface area contributed by atoms with Gasteiger partial charge in [0.1, 0.15) is 0 Å². The molecule has 1 fully saturated rings. The third-order valence-corrected chi connectivity index (χ3v) is 2.85. The molecule has 3 heteroatoms. The van der Waals surface area contributed by atoms with E-state index < -0.39 is 0 Å². The Balaban J connectivity index is 2.03. The van der Waals surface area contributed by atoms with Crippen LogP contribution in [0.15, 0.2) is 24.3 Å². The van der Waals surface area contributed by atoms with E-state index in [2.05, 4.69) is 16.3 Å². The minimum absolute atomic E-state index is 0.153. The van der Waals surface area contributed by atoms with Crippen LogP contribution in [0.3, 0.4) is 0 Å². The Morgan fingerprint density at radius 1 is 1.36 bits per heavy atom. The number of aldehydes is 1. The number of para-hydroxylation sites is 2. The van der Waals surface area contributed by atoms with Gasteiger partial charge in [-0.15, -0.1) is 0 Å². The largest absolute Gasteiger partial charge is 0.358 e. The maximum Gasteiger partial charge on any atom is 0.162 e. The van der Waals surface area contributed by atoms with E-state index in [9.17, 15) is 4.79 Å². The van der Waals surface area contributed by atoms with Crippen molar-refractivity contribution in [3.63, 3.8) is 0 Å². The molecule has 1 aliphatic carbocycles. The predicted molar refractivity (Wildman–Crippen MR) is 55.4 cm³/mol. The fraction of sp³-hybridized carbons (Fsp3) is 0.364. The second-order valence-electron chi connectivity index (χ2n) is 3.88. The van der Waals surface area contributed by atoms with Gasteiger partial charge in [0.25, 0.3) is 0 Å². The number of rotatable bonds is 2. The van der Waals surface area contributed by atoms with Crippen molar-refractivity contribution >= 4 is 17.7 Å². The van der Waals surface area contributed by atoms with E-state index in [1.807, 2.05) is 18.2 Å². The summed E-state index contributed by atoms with van der Waals surface area (Å²) < 4.78 is 0. The molecule has 0 bridgehead atoms. The molecule has 1 heterocycles. The Kier molecular flexibility index (Phi) is 1.54. The zero-order valence-electron chi connectivity index (χ0n) is 7.81. The van der Waals surface area contributed by atoms with E-state index in [0.29, 0.717) is 6.04 Å². The van der Waals surface area contributed by atoms with Crippen LogP contribution in [0.5, 0.6) is 0 Å². The fourth-order valence-corrected chi connectivity index (χ4v) is 2.08. The molecule has 14 heavy (non-hydrogen) atoms. The maximum atomic E-state index is 10.9. The first-order valence-corrected chi connectivity index (χ1v) is 4.99. The molecule has 1 N–H and O–H groups in total. The summed E-state index contributed by atoms with van der Waals surface area (Å²) in [7, 11) is 0. The lowest BCUT2D eigenvalue weighted by atomic mass is 10.2. The van der Waals surface area contributed by atoms with Crippen LogP contribution in [0.4, 0.5) is 11.4 Å². The van der Waals surface area contributed by atoms with Crippen molar-refractivity contribution < 1.29 is 4.79 Å². The molecule has 1 aromatic carbocycles. The van der Waals surface area contributed by atoms with Crippen molar-refractivity contribution in [2.24, 2.45) is 0 Å². The quantitative estimate of drug-likeness (QED) is 0.715. The van der Waals surface area contributed by atoms with Gasteiger partial charge in [0.15, 0.2) is 12.5 Å². The molecule has 0 amide bonds. The van der Waals surface area contributed by atoms with Crippen molar-refractivity contribution in [3.8, 4) is 0 Å². The highest BCUT2D eigenvalue weighted by Gasteiger charge is 2.38. The minimum Gasteiger partial charge on any atom is -0.358 e. The SMILES string of the molecule is O=CC1Nc2ccccc2N1C1CC1. The lowest BCUT2D eigenvalue weighted by Gasteiger charge is -2.22. The van der Waals surface area contributed by atoms with Crippen LogP contribution < -0.4 is 10.2 Å². The average molecular weight is 188 g/mol. The third-order valence-electron chi connectivity index (χ3n) is 2.85. The van der Waals surface area contributed by atoms with Gasteiger partial charge in [0, 0.05) is 6.04 Å². The smallest absolute Gasteiger partial charge is 0.162 e. The highest BCUT2D eigenvalue weighted by molar-refractivity contribution is 5.85. The molecular formula is C11H12N2O. The lowest BCUT2D eigenvalue weighted by Crippen LogP contribution is -2.38. The highest BCUT2D eigenvalue weighted by atomic mass is 16.1. The Labute approximate surface area is 82.7 Å².